The predicted molar refractivity (Wildman–Crippen MR) is 73.5 cm³/mol. The number of ether oxygens (including phenoxy) is 2. The van der Waals surface area contributed by atoms with Crippen molar-refractivity contribution in [1.82, 2.24) is 0 Å². The Morgan fingerprint density at radius 1 is 1.39 bits per heavy atom. The molecule has 1 aliphatic carbocycles. The Kier molecular flexibility index (Phi) is 4.73. The molecule has 3 atom stereocenters. The summed E-state index contributed by atoms with van der Waals surface area (Å²) in [6.45, 7) is 2.77. The van der Waals surface area contributed by atoms with Crippen LogP contribution in [0.2, 0.25) is 10.0 Å². The molecular formula is C13H17Cl2NO2. The lowest BCUT2D eigenvalue weighted by molar-refractivity contribution is -0.0979. The van der Waals surface area contributed by atoms with E-state index in [9.17, 15) is 0 Å². The van der Waals surface area contributed by atoms with Crippen LogP contribution in [-0.4, -0.2) is 24.9 Å². The summed E-state index contributed by atoms with van der Waals surface area (Å²) in [7, 11) is 0. The van der Waals surface area contributed by atoms with Crippen LogP contribution in [0.5, 0.6) is 5.75 Å². The number of benzene rings is 1. The van der Waals surface area contributed by atoms with Crippen molar-refractivity contribution in [2.45, 2.75) is 38.0 Å². The number of hydrogen-bond acceptors (Lipinski definition) is 3. The van der Waals surface area contributed by atoms with Crippen LogP contribution in [-0.2, 0) is 4.74 Å². The first-order chi connectivity index (χ1) is 8.61. The first-order valence-corrected chi connectivity index (χ1v) is 6.86. The van der Waals surface area contributed by atoms with Crippen LogP contribution in [0.3, 0.4) is 0 Å². The molecular weight excluding hydrogens is 273 g/mol. The first-order valence-electron chi connectivity index (χ1n) is 6.10. The van der Waals surface area contributed by atoms with Crippen molar-refractivity contribution in [2.75, 3.05) is 6.61 Å². The van der Waals surface area contributed by atoms with E-state index in [0.717, 1.165) is 12.8 Å². The Hall–Kier alpha value is -0.480. The van der Waals surface area contributed by atoms with Gasteiger partial charge in [-0.1, -0.05) is 30.1 Å². The molecule has 0 aromatic heterocycles. The average Bonchev–Trinajstić information content (AvgIpc) is 2.32. The molecule has 2 N–H and O–H groups in total. The highest BCUT2D eigenvalue weighted by Crippen LogP contribution is 2.33. The van der Waals surface area contributed by atoms with Gasteiger partial charge in [0.15, 0.2) is 0 Å². The Morgan fingerprint density at radius 3 is 2.78 bits per heavy atom. The van der Waals surface area contributed by atoms with E-state index >= 15 is 0 Å². The van der Waals surface area contributed by atoms with Crippen molar-refractivity contribution in [3.63, 3.8) is 0 Å². The summed E-state index contributed by atoms with van der Waals surface area (Å²) < 4.78 is 11.5. The van der Waals surface area contributed by atoms with Crippen LogP contribution in [0.25, 0.3) is 0 Å². The fourth-order valence-electron chi connectivity index (χ4n) is 1.95. The summed E-state index contributed by atoms with van der Waals surface area (Å²) in [5.74, 6) is 0.628. The van der Waals surface area contributed by atoms with E-state index in [4.69, 9.17) is 38.4 Å². The summed E-state index contributed by atoms with van der Waals surface area (Å²) in [6, 6.07) is 5.24. The van der Waals surface area contributed by atoms with E-state index < -0.39 is 0 Å². The monoisotopic (exact) mass is 289 g/mol. The third-order valence-corrected chi connectivity index (χ3v) is 3.51. The largest absolute Gasteiger partial charge is 0.486 e. The van der Waals surface area contributed by atoms with Gasteiger partial charge in [0.05, 0.1) is 5.02 Å². The van der Waals surface area contributed by atoms with Gasteiger partial charge < -0.3 is 15.2 Å². The molecule has 0 saturated heterocycles. The lowest BCUT2D eigenvalue weighted by Gasteiger charge is -2.41. The minimum atomic E-state index is -0.0447. The van der Waals surface area contributed by atoms with Gasteiger partial charge in [-0.05, 0) is 24.6 Å². The van der Waals surface area contributed by atoms with Crippen LogP contribution < -0.4 is 10.5 Å². The normalized spacial score (nSPS) is 26.8. The van der Waals surface area contributed by atoms with Gasteiger partial charge in [-0.25, -0.2) is 0 Å². The van der Waals surface area contributed by atoms with Gasteiger partial charge >= 0.3 is 0 Å². The Bertz CT molecular complexity index is 414. The zero-order chi connectivity index (χ0) is 13.1. The molecule has 3 unspecified atom stereocenters. The maximum absolute atomic E-state index is 6.06. The highest BCUT2D eigenvalue weighted by atomic mass is 35.5. The standard InChI is InChI=1S/C13H17Cl2NO2/c1-2-5-17-13-10(16)7-12(13)18-11-4-3-8(14)6-9(11)15/h3-4,6,10,12-13H,2,5,7,16H2,1H3. The van der Waals surface area contributed by atoms with Crippen LogP contribution in [0.15, 0.2) is 18.2 Å². The second-order valence-electron chi connectivity index (χ2n) is 4.47. The third kappa shape index (κ3) is 3.09. The van der Waals surface area contributed by atoms with Crippen LogP contribution in [0, 0.1) is 0 Å². The van der Waals surface area contributed by atoms with E-state index in [1.807, 2.05) is 0 Å². The van der Waals surface area contributed by atoms with Crippen LogP contribution in [0.1, 0.15) is 19.8 Å². The van der Waals surface area contributed by atoms with Crippen molar-refractivity contribution in [3.05, 3.63) is 28.2 Å². The van der Waals surface area contributed by atoms with Gasteiger partial charge in [0.1, 0.15) is 18.0 Å². The van der Waals surface area contributed by atoms with Gasteiger partial charge in [-0.3, -0.25) is 0 Å². The number of hydrogen-bond donors (Lipinski definition) is 1. The molecule has 0 aliphatic heterocycles. The minimum Gasteiger partial charge on any atom is -0.486 e. The van der Waals surface area contributed by atoms with Crippen molar-refractivity contribution in [2.24, 2.45) is 5.73 Å². The van der Waals surface area contributed by atoms with E-state index in [2.05, 4.69) is 6.92 Å². The predicted octanol–water partition coefficient (Wildman–Crippen LogP) is 3.27. The molecule has 1 fully saturated rings. The lowest BCUT2D eigenvalue weighted by Crippen LogP contribution is -2.59. The van der Waals surface area contributed by atoms with Crippen LogP contribution in [0.4, 0.5) is 0 Å². The van der Waals surface area contributed by atoms with Crippen molar-refractivity contribution >= 4 is 23.2 Å². The summed E-state index contributed by atoms with van der Waals surface area (Å²) in [5, 5.41) is 1.11. The molecule has 1 saturated carbocycles. The second-order valence-corrected chi connectivity index (χ2v) is 5.31. The zero-order valence-corrected chi connectivity index (χ0v) is 11.7. The second kappa shape index (κ2) is 6.11. The van der Waals surface area contributed by atoms with Crippen molar-refractivity contribution < 1.29 is 9.47 Å². The molecule has 0 bridgehead atoms. The molecule has 100 valence electrons. The van der Waals surface area contributed by atoms with E-state index in [0.29, 0.717) is 22.4 Å². The molecule has 18 heavy (non-hydrogen) atoms. The van der Waals surface area contributed by atoms with E-state index in [1.165, 1.54) is 0 Å². The minimum absolute atomic E-state index is 0.0229. The molecule has 3 nitrogen and oxygen atoms in total. The summed E-state index contributed by atoms with van der Waals surface area (Å²) in [5.41, 5.74) is 5.91. The molecule has 1 aromatic rings. The van der Waals surface area contributed by atoms with E-state index in [-0.39, 0.29) is 18.2 Å². The summed E-state index contributed by atoms with van der Waals surface area (Å²) in [6.07, 6.45) is 1.69. The van der Waals surface area contributed by atoms with Crippen molar-refractivity contribution in [1.29, 1.82) is 0 Å². The van der Waals surface area contributed by atoms with Gasteiger partial charge in [0.2, 0.25) is 0 Å². The first kappa shape index (κ1) is 13.9. The fraction of sp³-hybridized carbons (Fsp3) is 0.538. The fourth-order valence-corrected chi connectivity index (χ4v) is 2.40. The molecule has 0 spiro atoms. The van der Waals surface area contributed by atoms with Gasteiger partial charge in [0, 0.05) is 24.1 Å². The van der Waals surface area contributed by atoms with Gasteiger partial charge in [-0.15, -0.1) is 0 Å². The SMILES string of the molecule is CCCOC1C(N)CC1Oc1ccc(Cl)cc1Cl. The molecule has 2 rings (SSSR count). The summed E-state index contributed by atoms with van der Waals surface area (Å²) >= 11 is 11.9. The average molecular weight is 290 g/mol. The lowest BCUT2D eigenvalue weighted by atomic mass is 9.86. The van der Waals surface area contributed by atoms with E-state index in [1.54, 1.807) is 18.2 Å². The summed E-state index contributed by atoms with van der Waals surface area (Å²) in [4.78, 5) is 0. The molecule has 1 aliphatic rings. The topological polar surface area (TPSA) is 44.5 Å². The highest BCUT2D eigenvalue weighted by molar-refractivity contribution is 6.35. The number of halogens is 2. The smallest absolute Gasteiger partial charge is 0.138 e. The maximum atomic E-state index is 6.06. The van der Waals surface area contributed by atoms with Crippen LogP contribution >= 0.6 is 23.2 Å². The molecule has 0 amide bonds. The molecule has 0 heterocycles. The van der Waals surface area contributed by atoms with Gasteiger partial charge in [-0.2, -0.15) is 0 Å². The maximum Gasteiger partial charge on any atom is 0.138 e. The highest BCUT2D eigenvalue weighted by Gasteiger charge is 2.41. The number of rotatable bonds is 5. The number of nitrogens with two attached hydrogens (primary N) is 1. The zero-order valence-electron chi connectivity index (χ0n) is 10.2. The third-order valence-electron chi connectivity index (χ3n) is 2.98. The Labute approximate surface area is 117 Å². The molecule has 0 radical (unpaired) electrons. The van der Waals surface area contributed by atoms with Crippen molar-refractivity contribution in [3.8, 4) is 5.75 Å². The Balaban J connectivity index is 1.96. The van der Waals surface area contributed by atoms with Gasteiger partial charge in [0.25, 0.3) is 0 Å². The Morgan fingerprint density at radius 2 is 2.17 bits per heavy atom. The quantitative estimate of drug-likeness (QED) is 0.905. The molecule has 1 aromatic carbocycles. The molecule has 5 heteroatoms.